The third-order valence-corrected chi connectivity index (χ3v) is 9.62. The Bertz CT molecular complexity index is 1710. The van der Waals surface area contributed by atoms with Gasteiger partial charge in [-0.2, -0.15) is 13.2 Å². The molecule has 0 aliphatic carbocycles. The first kappa shape index (κ1) is 33.8. The van der Waals surface area contributed by atoms with Crippen LogP contribution in [-0.2, 0) is 11.9 Å². The molecule has 48 heavy (non-hydrogen) atoms. The highest BCUT2D eigenvalue weighted by Crippen LogP contribution is 2.32. The van der Waals surface area contributed by atoms with Crippen molar-refractivity contribution in [3.63, 3.8) is 0 Å². The van der Waals surface area contributed by atoms with E-state index in [0.29, 0.717) is 53.5 Å². The number of hydrogen-bond acceptors (Lipinski definition) is 7. The van der Waals surface area contributed by atoms with Crippen molar-refractivity contribution < 1.29 is 18.0 Å². The SMILES string of the molecule is O=C(c1ccc(CSc2nc(Cl)cc(N3CCN(CC=Cc4ccccc4)CC3)n2)cc1)N1CCN(c2cccc(C(F)(F)F)c2)CC1. The van der Waals surface area contributed by atoms with Crippen LogP contribution in [0.4, 0.5) is 24.7 Å². The Morgan fingerprint density at radius 2 is 1.52 bits per heavy atom. The Morgan fingerprint density at radius 3 is 2.23 bits per heavy atom. The van der Waals surface area contributed by atoms with E-state index in [1.807, 2.05) is 53.4 Å². The van der Waals surface area contributed by atoms with E-state index >= 15 is 0 Å². The third-order valence-electron chi connectivity index (χ3n) is 8.50. The van der Waals surface area contributed by atoms with Crippen LogP contribution in [0, 0.1) is 0 Å². The lowest BCUT2D eigenvalue weighted by Gasteiger charge is -2.36. The fourth-order valence-corrected chi connectivity index (χ4v) is 6.83. The molecule has 6 rings (SSSR count). The molecule has 3 aromatic carbocycles. The molecule has 12 heteroatoms. The third kappa shape index (κ3) is 8.89. The lowest BCUT2D eigenvalue weighted by molar-refractivity contribution is -0.137. The van der Waals surface area contributed by atoms with Crippen LogP contribution < -0.4 is 9.80 Å². The normalized spacial score (nSPS) is 16.1. The summed E-state index contributed by atoms with van der Waals surface area (Å²) >= 11 is 7.90. The largest absolute Gasteiger partial charge is 0.416 e. The van der Waals surface area contributed by atoms with Crippen molar-refractivity contribution in [2.45, 2.75) is 17.1 Å². The quantitative estimate of drug-likeness (QED) is 0.104. The predicted molar refractivity (Wildman–Crippen MR) is 187 cm³/mol. The summed E-state index contributed by atoms with van der Waals surface area (Å²) in [5.41, 5.74) is 2.64. The van der Waals surface area contributed by atoms with Crippen LogP contribution in [0.3, 0.4) is 0 Å². The zero-order valence-corrected chi connectivity index (χ0v) is 27.9. The highest BCUT2D eigenvalue weighted by molar-refractivity contribution is 7.98. The average molecular weight is 693 g/mol. The minimum absolute atomic E-state index is 0.0898. The van der Waals surface area contributed by atoms with Crippen LogP contribution in [0.5, 0.6) is 0 Å². The summed E-state index contributed by atoms with van der Waals surface area (Å²) in [4.78, 5) is 30.7. The standard InChI is InChI=1S/C36H36ClF3N6OS/c37-32-25-33(45-18-16-43(17-19-45)15-5-8-27-6-2-1-3-7-27)42-35(41-32)48-26-28-11-13-29(14-12-28)34(47)46-22-20-44(21-23-46)31-10-4-9-30(24-31)36(38,39)40/h1-14,24-25H,15-23,26H2. The van der Waals surface area contributed by atoms with Gasteiger partial charge in [0.1, 0.15) is 11.0 Å². The second-order valence-corrected chi connectivity index (χ2v) is 13.1. The number of anilines is 2. The molecular formula is C36H36ClF3N6OS. The fourth-order valence-electron chi connectivity index (χ4n) is 5.79. The number of thioether (sulfide) groups is 1. The van der Waals surface area contributed by atoms with Crippen molar-refractivity contribution in [3.8, 4) is 0 Å². The molecule has 2 aliphatic heterocycles. The van der Waals surface area contributed by atoms with Gasteiger partial charge in [0.2, 0.25) is 0 Å². The van der Waals surface area contributed by atoms with Crippen molar-refractivity contribution >= 4 is 46.9 Å². The molecule has 0 unspecified atom stereocenters. The monoisotopic (exact) mass is 692 g/mol. The van der Waals surface area contributed by atoms with E-state index in [-0.39, 0.29) is 5.91 Å². The maximum Gasteiger partial charge on any atom is 0.416 e. The number of piperazine rings is 2. The van der Waals surface area contributed by atoms with E-state index < -0.39 is 11.7 Å². The van der Waals surface area contributed by atoms with Crippen molar-refractivity contribution in [1.29, 1.82) is 0 Å². The smallest absolute Gasteiger partial charge is 0.368 e. The number of aromatic nitrogens is 2. The van der Waals surface area contributed by atoms with E-state index in [2.05, 4.69) is 39.1 Å². The van der Waals surface area contributed by atoms with Crippen LogP contribution in [0.25, 0.3) is 6.08 Å². The van der Waals surface area contributed by atoms with E-state index in [9.17, 15) is 18.0 Å². The maximum atomic E-state index is 13.2. The molecule has 250 valence electrons. The van der Waals surface area contributed by atoms with Gasteiger partial charge in [-0.3, -0.25) is 9.69 Å². The number of alkyl halides is 3. The van der Waals surface area contributed by atoms with Crippen LogP contribution in [0.2, 0.25) is 5.15 Å². The van der Waals surface area contributed by atoms with Crippen LogP contribution in [-0.4, -0.2) is 84.6 Å². The number of hydrogen-bond donors (Lipinski definition) is 0. The van der Waals surface area contributed by atoms with Gasteiger partial charge >= 0.3 is 6.18 Å². The summed E-state index contributed by atoms with van der Waals surface area (Å²) in [5.74, 6) is 1.35. The summed E-state index contributed by atoms with van der Waals surface area (Å²) in [5, 5.41) is 1.01. The molecule has 7 nitrogen and oxygen atoms in total. The molecule has 2 aliphatic rings. The number of amides is 1. The first-order valence-corrected chi connectivity index (χ1v) is 17.2. The highest BCUT2D eigenvalue weighted by atomic mass is 35.5. The predicted octanol–water partition coefficient (Wildman–Crippen LogP) is 7.24. The summed E-state index contributed by atoms with van der Waals surface area (Å²) < 4.78 is 39.4. The van der Waals surface area contributed by atoms with Gasteiger partial charge in [-0.25, -0.2) is 9.97 Å². The van der Waals surface area contributed by atoms with Gasteiger partial charge in [0.05, 0.1) is 5.56 Å². The van der Waals surface area contributed by atoms with Gasteiger partial charge < -0.3 is 14.7 Å². The zero-order valence-electron chi connectivity index (χ0n) is 26.3. The lowest BCUT2D eigenvalue weighted by atomic mass is 10.1. The van der Waals surface area contributed by atoms with E-state index in [0.717, 1.165) is 56.2 Å². The molecule has 2 saturated heterocycles. The summed E-state index contributed by atoms with van der Waals surface area (Å²) in [6.45, 7) is 6.26. The van der Waals surface area contributed by atoms with Crippen LogP contribution in [0.1, 0.15) is 27.0 Å². The molecule has 1 aromatic heterocycles. The molecule has 4 aromatic rings. The van der Waals surface area contributed by atoms with Crippen molar-refractivity contribution in [1.82, 2.24) is 19.8 Å². The molecule has 0 atom stereocenters. The summed E-state index contributed by atoms with van der Waals surface area (Å²) in [7, 11) is 0. The van der Waals surface area contributed by atoms with Gasteiger partial charge in [0, 0.05) is 82.0 Å². The first-order valence-electron chi connectivity index (χ1n) is 15.9. The van der Waals surface area contributed by atoms with Gasteiger partial charge in [-0.05, 0) is 41.5 Å². The van der Waals surface area contributed by atoms with Crippen molar-refractivity contribution in [3.05, 3.63) is 118 Å². The molecule has 0 bridgehead atoms. The number of benzene rings is 3. The van der Waals surface area contributed by atoms with E-state index in [1.165, 1.54) is 23.4 Å². The van der Waals surface area contributed by atoms with Crippen LogP contribution >= 0.6 is 23.4 Å². The first-order chi connectivity index (χ1) is 23.2. The molecule has 0 N–H and O–H groups in total. The Morgan fingerprint density at radius 1 is 0.812 bits per heavy atom. The zero-order chi connectivity index (χ0) is 33.5. The number of carbonyl (C=O) groups excluding carboxylic acids is 1. The topological polar surface area (TPSA) is 55.8 Å². The molecule has 2 fully saturated rings. The fraction of sp³-hybridized carbons (Fsp3) is 0.306. The molecule has 0 saturated carbocycles. The average Bonchev–Trinajstić information content (AvgIpc) is 3.11. The van der Waals surface area contributed by atoms with Gasteiger partial charge in [0.25, 0.3) is 5.91 Å². The number of halogens is 4. The highest BCUT2D eigenvalue weighted by Gasteiger charge is 2.31. The Kier molecular flexibility index (Phi) is 10.9. The Labute approximate surface area is 288 Å². The second kappa shape index (κ2) is 15.4. The van der Waals surface area contributed by atoms with Gasteiger partial charge in [-0.15, -0.1) is 0 Å². The Balaban J connectivity index is 0.973. The lowest BCUT2D eigenvalue weighted by Crippen LogP contribution is -2.48. The van der Waals surface area contributed by atoms with Gasteiger partial charge in [-0.1, -0.05) is 84.0 Å². The van der Waals surface area contributed by atoms with Gasteiger partial charge in [0.15, 0.2) is 5.16 Å². The van der Waals surface area contributed by atoms with Crippen LogP contribution in [0.15, 0.2) is 96.2 Å². The molecule has 0 spiro atoms. The number of rotatable bonds is 9. The molecule has 1 amide bonds. The summed E-state index contributed by atoms with van der Waals surface area (Å²) in [6.07, 6.45) is -0.0272. The molecule has 3 heterocycles. The maximum absolute atomic E-state index is 13.2. The second-order valence-electron chi connectivity index (χ2n) is 11.7. The summed E-state index contributed by atoms with van der Waals surface area (Å²) in [6, 6.07) is 24.9. The minimum atomic E-state index is -4.39. The van der Waals surface area contributed by atoms with Crippen molar-refractivity contribution in [2.24, 2.45) is 0 Å². The number of carbonyl (C=O) groups is 1. The minimum Gasteiger partial charge on any atom is -0.368 e. The molecular weight excluding hydrogens is 657 g/mol. The Hall–Kier alpha value is -4.06. The van der Waals surface area contributed by atoms with E-state index in [1.54, 1.807) is 11.0 Å². The van der Waals surface area contributed by atoms with E-state index in [4.69, 9.17) is 16.6 Å². The van der Waals surface area contributed by atoms with Crippen molar-refractivity contribution in [2.75, 3.05) is 68.7 Å². The molecule has 0 radical (unpaired) electrons. The number of nitrogens with zero attached hydrogens (tertiary/aromatic N) is 6.